The van der Waals surface area contributed by atoms with Crippen LogP contribution in [0.4, 0.5) is 13.2 Å². The van der Waals surface area contributed by atoms with Crippen LogP contribution in [0.1, 0.15) is 11.3 Å². The molecule has 17 heavy (non-hydrogen) atoms. The van der Waals surface area contributed by atoms with E-state index in [0.29, 0.717) is 22.9 Å². The van der Waals surface area contributed by atoms with Crippen molar-refractivity contribution in [1.82, 2.24) is 4.98 Å². The number of halogens is 3. The normalized spacial score (nSPS) is 11.8. The Balaban J connectivity index is 2.90. The molecule has 2 N–H and O–H groups in total. The molecule has 0 saturated heterocycles. The predicted octanol–water partition coefficient (Wildman–Crippen LogP) is 2.30. The molecule has 1 aromatic rings. The number of pyridine rings is 1. The van der Waals surface area contributed by atoms with E-state index >= 15 is 0 Å². The Kier molecular flexibility index (Phi) is 5.23. The fraction of sp³-hybridized carbons (Fsp3) is 0.500. The van der Waals surface area contributed by atoms with E-state index in [1.807, 2.05) is 0 Å². The summed E-state index contributed by atoms with van der Waals surface area (Å²) in [6.45, 7) is 0.618. The molecule has 0 unspecified atom stereocenters. The Morgan fingerprint density at radius 3 is 2.65 bits per heavy atom. The standard InChI is InChI=1S/C10H13F3N2OS/c1-16-4-5-17-9-7(6-14)2-3-8(15-9)10(11,12)13/h2-3H,4-6,14H2,1H3. The van der Waals surface area contributed by atoms with Crippen LogP contribution in [-0.2, 0) is 17.5 Å². The average Bonchev–Trinajstić information content (AvgIpc) is 2.28. The highest BCUT2D eigenvalue weighted by Crippen LogP contribution is 2.30. The van der Waals surface area contributed by atoms with E-state index < -0.39 is 11.9 Å². The third-order valence-electron chi connectivity index (χ3n) is 1.98. The molecule has 96 valence electrons. The zero-order valence-corrected chi connectivity index (χ0v) is 10.1. The van der Waals surface area contributed by atoms with Crippen molar-refractivity contribution in [2.45, 2.75) is 17.7 Å². The lowest BCUT2D eigenvalue weighted by atomic mass is 10.2. The molecule has 0 radical (unpaired) electrons. The summed E-state index contributed by atoms with van der Waals surface area (Å²) in [6.07, 6.45) is -4.43. The van der Waals surface area contributed by atoms with Gasteiger partial charge >= 0.3 is 6.18 Å². The first-order valence-corrected chi connectivity index (χ1v) is 5.86. The van der Waals surface area contributed by atoms with Crippen LogP contribution in [-0.4, -0.2) is 24.5 Å². The zero-order valence-electron chi connectivity index (χ0n) is 9.25. The van der Waals surface area contributed by atoms with Crippen LogP contribution < -0.4 is 5.73 Å². The van der Waals surface area contributed by atoms with E-state index in [4.69, 9.17) is 10.5 Å². The van der Waals surface area contributed by atoms with Gasteiger partial charge in [-0.3, -0.25) is 0 Å². The summed E-state index contributed by atoms with van der Waals surface area (Å²) in [6, 6.07) is 2.31. The van der Waals surface area contributed by atoms with Gasteiger partial charge in [-0.25, -0.2) is 4.98 Å². The minimum Gasteiger partial charge on any atom is -0.384 e. The zero-order chi connectivity index (χ0) is 12.9. The second kappa shape index (κ2) is 6.23. The molecule has 0 aromatic carbocycles. The maximum atomic E-state index is 12.5. The number of aromatic nitrogens is 1. The van der Waals surface area contributed by atoms with Crippen molar-refractivity contribution < 1.29 is 17.9 Å². The van der Waals surface area contributed by atoms with Crippen molar-refractivity contribution in [3.63, 3.8) is 0 Å². The molecule has 0 aliphatic carbocycles. The molecule has 0 fully saturated rings. The first-order valence-electron chi connectivity index (χ1n) is 4.88. The summed E-state index contributed by atoms with van der Waals surface area (Å²) in [5.74, 6) is 0.539. The van der Waals surface area contributed by atoms with Crippen molar-refractivity contribution in [2.24, 2.45) is 5.73 Å². The molecule has 3 nitrogen and oxygen atoms in total. The minimum atomic E-state index is -4.43. The Morgan fingerprint density at radius 2 is 2.12 bits per heavy atom. The largest absolute Gasteiger partial charge is 0.433 e. The average molecular weight is 266 g/mol. The summed E-state index contributed by atoms with van der Waals surface area (Å²) < 4.78 is 42.2. The third kappa shape index (κ3) is 4.18. The summed E-state index contributed by atoms with van der Waals surface area (Å²) in [5, 5.41) is 0.319. The fourth-order valence-electron chi connectivity index (χ4n) is 1.13. The Labute approximate surface area is 102 Å². The number of nitrogens with zero attached hydrogens (tertiary/aromatic N) is 1. The van der Waals surface area contributed by atoms with Gasteiger partial charge in [-0.2, -0.15) is 13.2 Å². The maximum absolute atomic E-state index is 12.5. The van der Waals surface area contributed by atoms with Gasteiger partial charge in [0, 0.05) is 19.4 Å². The van der Waals surface area contributed by atoms with Crippen molar-refractivity contribution in [3.8, 4) is 0 Å². The van der Waals surface area contributed by atoms with Gasteiger partial charge in [0.05, 0.1) is 6.61 Å². The first kappa shape index (κ1) is 14.3. The van der Waals surface area contributed by atoms with E-state index in [0.717, 1.165) is 6.07 Å². The quantitative estimate of drug-likeness (QED) is 0.656. The van der Waals surface area contributed by atoms with Gasteiger partial charge in [0.1, 0.15) is 10.7 Å². The van der Waals surface area contributed by atoms with Gasteiger partial charge in [0.25, 0.3) is 0 Å². The molecular weight excluding hydrogens is 253 g/mol. The van der Waals surface area contributed by atoms with E-state index in [9.17, 15) is 13.2 Å². The van der Waals surface area contributed by atoms with Crippen LogP contribution in [0.3, 0.4) is 0 Å². The van der Waals surface area contributed by atoms with Crippen LogP contribution in [0.2, 0.25) is 0 Å². The SMILES string of the molecule is COCCSc1nc(C(F)(F)F)ccc1CN. The second-order valence-electron chi connectivity index (χ2n) is 3.20. The molecule has 0 atom stereocenters. The molecule has 1 aromatic heterocycles. The van der Waals surface area contributed by atoms with Gasteiger partial charge in [-0.15, -0.1) is 11.8 Å². The van der Waals surface area contributed by atoms with Crippen molar-refractivity contribution in [2.75, 3.05) is 19.5 Å². The molecular formula is C10H13F3N2OS. The predicted molar refractivity (Wildman–Crippen MR) is 59.7 cm³/mol. The third-order valence-corrected chi connectivity index (χ3v) is 2.97. The lowest BCUT2D eigenvalue weighted by Crippen LogP contribution is -2.11. The van der Waals surface area contributed by atoms with Gasteiger partial charge in [0.15, 0.2) is 0 Å². The minimum absolute atomic E-state index is 0.167. The van der Waals surface area contributed by atoms with Crippen LogP contribution in [0.25, 0.3) is 0 Å². The molecule has 7 heteroatoms. The smallest absolute Gasteiger partial charge is 0.384 e. The summed E-state index contributed by atoms with van der Waals surface area (Å²) in [5.41, 5.74) is 5.16. The number of methoxy groups -OCH3 is 1. The topological polar surface area (TPSA) is 48.1 Å². The van der Waals surface area contributed by atoms with E-state index in [1.165, 1.54) is 24.9 Å². The molecule has 0 amide bonds. The van der Waals surface area contributed by atoms with Crippen LogP contribution >= 0.6 is 11.8 Å². The Bertz CT molecular complexity index is 371. The number of nitrogens with two attached hydrogens (primary N) is 1. The van der Waals surface area contributed by atoms with Crippen LogP contribution in [0.15, 0.2) is 17.2 Å². The molecule has 1 rings (SSSR count). The highest BCUT2D eigenvalue weighted by molar-refractivity contribution is 7.99. The monoisotopic (exact) mass is 266 g/mol. The number of thioether (sulfide) groups is 1. The summed E-state index contributed by atoms with van der Waals surface area (Å²) in [7, 11) is 1.53. The van der Waals surface area contributed by atoms with Gasteiger partial charge in [-0.05, 0) is 11.6 Å². The lowest BCUT2D eigenvalue weighted by molar-refractivity contribution is -0.141. The van der Waals surface area contributed by atoms with E-state index in [1.54, 1.807) is 0 Å². The molecule has 1 heterocycles. The highest BCUT2D eigenvalue weighted by Gasteiger charge is 2.32. The molecule has 0 bridgehead atoms. The highest BCUT2D eigenvalue weighted by atomic mass is 32.2. The molecule has 0 aliphatic rings. The molecule has 0 saturated carbocycles. The number of alkyl halides is 3. The second-order valence-corrected chi connectivity index (χ2v) is 4.29. The van der Waals surface area contributed by atoms with Gasteiger partial charge in [-0.1, -0.05) is 6.07 Å². The summed E-state index contributed by atoms with van der Waals surface area (Å²) in [4.78, 5) is 3.59. The fourth-order valence-corrected chi connectivity index (χ4v) is 2.07. The first-order chi connectivity index (χ1) is 7.99. The number of hydrogen-bond donors (Lipinski definition) is 1. The number of hydrogen-bond acceptors (Lipinski definition) is 4. The Morgan fingerprint density at radius 1 is 1.41 bits per heavy atom. The maximum Gasteiger partial charge on any atom is 0.433 e. The van der Waals surface area contributed by atoms with Gasteiger partial charge < -0.3 is 10.5 Å². The number of ether oxygens (including phenoxy) is 1. The van der Waals surface area contributed by atoms with Crippen LogP contribution in [0, 0.1) is 0 Å². The van der Waals surface area contributed by atoms with Crippen molar-refractivity contribution >= 4 is 11.8 Å². The van der Waals surface area contributed by atoms with Crippen molar-refractivity contribution in [1.29, 1.82) is 0 Å². The lowest BCUT2D eigenvalue weighted by Gasteiger charge is -2.10. The molecule has 0 aliphatic heterocycles. The Hall–Kier alpha value is -0.790. The van der Waals surface area contributed by atoms with E-state index in [-0.39, 0.29) is 6.54 Å². The van der Waals surface area contributed by atoms with Crippen LogP contribution in [0.5, 0.6) is 0 Å². The van der Waals surface area contributed by atoms with Gasteiger partial charge in [0.2, 0.25) is 0 Å². The summed E-state index contributed by atoms with van der Waals surface area (Å²) >= 11 is 1.21. The van der Waals surface area contributed by atoms with Crippen molar-refractivity contribution in [3.05, 3.63) is 23.4 Å². The van der Waals surface area contributed by atoms with E-state index in [2.05, 4.69) is 4.98 Å². The molecule has 0 spiro atoms. The number of rotatable bonds is 5.